The zero-order valence-electron chi connectivity index (χ0n) is 11.1. The van der Waals surface area contributed by atoms with Gasteiger partial charge in [0.25, 0.3) is 0 Å². The Morgan fingerprint density at radius 3 is 2.53 bits per heavy atom. The summed E-state index contributed by atoms with van der Waals surface area (Å²) in [5, 5.41) is 3.35. The minimum absolute atomic E-state index is 0.0772. The van der Waals surface area contributed by atoms with E-state index in [4.69, 9.17) is 0 Å². The van der Waals surface area contributed by atoms with Gasteiger partial charge in [0.15, 0.2) is 0 Å². The van der Waals surface area contributed by atoms with Gasteiger partial charge in [-0.15, -0.1) is 0 Å². The molecule has 2 aliphatic rings. The molecule has 0 bridgehead atoms. The quantitative estimate of drug-likeness (QED) is 0.770. The van der Waals surface area contributed by atoms with Gasteiger partial charge in [0, 0.05) is 13.1 Å². The number of amides is 1. The Hall–Kier alpha value is -0.610. The summed E-state index contributed by atoms with van der Waals surface area (Å²) in [4.78, 5) is 16.7. The molecule has 0 aromatic heterocycles. The summed E-state index contributed by atoms with van der Waals surface area (Å²) in [6, 6.07) is 0.524. The Kier molecular flexibility index (Phi) is 4.40. The van der Waals surface area contributed by atoms with Crippen LogP contribution in [0.15, 0.2) is 0 Å². The van der Waals surface area contributed by atoms with E-state index in [9.17, 15) is 4.79 Å². The van der Waals surface area contributed by atoms with E-state index in [1.807, 2.05) is 11.9 Å². The molecule has 0 radical (unpaired) electrons. The van der Waals surface area contributed by atoms with E-state index in [0.717, 1.165) is 38.9 Å². The van der Waals surface area contributed by atoms with Crippen molar-refractivity contribution < 1.29 is 4.79 Å². The molecule has 4 heteroatoms. The van der Waals surface area contributed by atoms with Gasteiger partial charge in [-0.1, -0.05) is 6.42 Å². The summed E-state index contributed by atoms with van der Waals surface area (Å²) >= 11 is 0. The van der Waals surface area contributed by atoms with Gasteiger partial charge in [-0.2, -0.15) is 0 Å². The van der Waals surface area contributed by atoms with Crippen LogP contribution in [0.5, 0.6) is 0 Å². The first-order valence-corrected chi connectivity index (χ1v) is 6.87. The molecule has 1 unspecified atom stereocenters. The monoisotopic (exact) mass is 239 g/mol. The smallest absolute Gasteiger partial charge is 0.239 e. The normalized spacial score (nSPS) is 28.0. The second-order valence-corrected chi connectivity index (χ2v) is 5.49. The maximum Gasteiger partial charge on any atom is 0.239 e. The SMILES string of the molecule is CN1CCC(N(C)C(=O)C2CCCCN2)CC1. The number of nitrogens with zero attached hydrogens (tertiary/aromatic N) is 2. The third-order valence-electron chi connectivity index (χ3n) is 4.19. The van der Waals surface area contributed by atoms with Crippen molar-refractivity contribution in [3.05, 3.63) is 0 Å². The van der Waals surface area contributed by atoms with Gasteiger partial charge in [-0.05, 0) is 52.4 Å². The molecule has 0 aromatic rings. The minimum atomic E-state index is 0.0772. The molecular weight excluding hydrogens is 214 g/mol. The number of piperidine rings is 2. The van der Waals surface area contributed by atoms with E-state index < -0.39 is 0 Å². The van der Waals surface area contributed by atoms with E-state index in [2.05, 4.69) is 17.3 Å². The van der Waals surface area contributed by atoms with Crippen molar-refractivity contribution >= 4 is 5.91 Å². The highest BCUT2D eigenvalue weighted by Crippen LogP contribution is 2.17. The zero-order chi connectivity index (χ0) is 12.3. The third-order valence-corrected chi connectivity index (χ3v) is 4.19. The van der Waals surface area contributed by atoms with E-state index in [1.165, 1.54) is 12.8 Å². The van der Waals surface area contributed by atoms with Gasteiger partial charge >= 0.3 is 0 Å². The summed E-state index contributed by atoms with van der Waals surface area (Å²) in [5.74, 6) is 0.305. The highest BCUT2D eigenvalue weighted by molar-refractivity contribution is 5.82. The number of carbonyl (C=O) groups is 1. The maximum absolute atomic E-state index is 12.3. The first-order valence-electron chi connectivity index (χ1n) is 6.87. The molecular formula is C13H25N3O. The van der Waals surface area contributed by atoms with Gasteiger partial charge in [-0.25, -0.2) is 0 Å². The number of likely N-dealkylation sites (N-methyl/N-ethyl adjacent to an activating group) is 1. The molecule has 0 saturated carbocycles. The Balaban J connectivity index is 1.85. The first kappa shape index (κ1) is 12.8. The van der Waals surface area contributed by atoms with Gasteiger partial charge in [0.05, 0.1) is 6.04 Å². The highest BCUT2D eigenvalue weighted by Gasteiger charge is 2.29. The van der Waals surface area contributed by atoms with Crippen LogP contribution in [0.1, 0.15) is 32.1 Å². The fourth-order valence-electron chi connectivity index (χ4n) is 2.87. The summed E-state index contributed by atoms with van der Waals surface area (Å²) < 4.78 is 0. The average Bonchev–Trinajstić information content (AvgIpc) is 2.39. The number of hydrogen-bond donors (Lipinski definition) is 1. The molecule has 98 valence electrons. The highest BCUT2D eigenvalue weighted by atomic mass is 16.2. The molecule has 1 atom stereocenters. The summed E-state index contributed by atoms with van der Waals surface area (Å²) in [6.45, 7) is 3.22. The van der Waals surface area contributed by atoms with E-state index in [-0.39, 0.29) is 6.04 Å². The van der Waals surface area contributed by atoms with Gasteiger partial charge in [-0.3, -0.25) is 4.79 Å². The van der Waals surface area contributed by atoms with E-state index in [0.29, 0.717) is 11.9 Å². The molecule has 17 heavy (non-hydrogen) atoms. The van der Waals surface area contributed by atoms with Crippen molar-refractivity contribution in [3.63, 3.8) is 0 Å². The molecule has 2 aliphatic heterocycles. The predicted octanol–water partition coefficient (Wildman–Crippen LogP) is 0.681. The molecule has 2 rings (SSSR count). The van der Waals surface area contributed by atoms with Crippen LogP contribution >= 0.6 is 0 Å². The summed E-state index contributed by atoms with van der Waals surface area (Å²) in [7, 11) is 4.13. The fraction of sp³-hybridized carbons (Fsp3) is 0.923. The number of likely N-dealkylation sites (tertiary alicyclic amines) is 1. The standard InChI is InChI=1S/C13H25N3O/c1-15-9-6-11(7-10-15)16(2)13(17)12-5-3-4-8-14-12/h11-12,14H,3-10H2,1-2H3. The Labute approximate surface area is 104 Å². The van der Waals surface area contributed by atoms with Crippen LogP contribution in [0.4, 0.5) is 0 Å². The van der Waals surface area contributed by atoms with Crippen LogP contribution in [-0.2, 0) is 4.79 Å². The Morgan fingerprint density at radius 2 is 1.94 bits per heavy atom. The van der Waals surface area contributed by atoms with Crippen molar-refractivity contribution in [2.45, 2.75) is 44.2 Å². The number of hydrogen-bond acceptors (Lipinski definition) is 3. The molecule has 0 aromatic carbocycles. The lowest BCUT2D eigenvalue weighted by Crippen LogP contribution is -2.52. The average molecular weight is 239 g/mol. The fourth-order valence-corrected chi connectivity index (χ4v) is 2.87. The van der Waals surface area contributed by atoms with E-state index >= 15 is 0 Å². The zero-order valence-corrected chi connectivity index (χ0v) is 11.1. The second-order valence-electron chi connectivity index (χ2n) is 5.49. The topological polar surface area (TPSA) is 35.6 Å². The molecule has 4 nitrogen and oxygen atoms in total. The van der Waals surface area contributed by atoms with Crippen molar-refractivity contribution in [1.82, 2.24) is 15.1 Å². The van der Waals surface area contributed by atoms with Crippen LogP contribution in [0.2, 0.25) is 0 Å². The third kappa shape index (κ3) is 3.19. The molecule has 2 heterocycles. The lowest BCUT2D eigenvalue weighted by Gasteiger charge is -2.37. The predicted molar refractivity (Wildman–Crippen MR) is 68.9 cm³/mol. The van der Waals surface area contributed by atoms with Crippen LogP contribution in [0.25, 0.3) is 0 Å². The Morgan fingerprint density at radius 1 is 1.24 bits per heavy atom. The van der Waals surface area contributed by atoms with Gasteiger partial charge in [0.1, 0.15) is 0 Å². The number of carbonyl (C=O) groups excluding carboxylic acids is 1. The molecule has 2 fully saturated rings. The van der Waals surface area contributed by atoms with Gasteiger partial charge in [0.2, 0.25) is 5.91 Å². The van der Waals surface area contributed by atoms with Crippen LogP contribution in [0.3, 0.4) is 0 Å². The lowest BCUT2D eigenvalue weighted by atomic mass is 10.00. The van der Waals surface area contributed by atoms with Crippen LogP contribution in [0, 0.1) is 0 Å². The first-order chi connectivity index (χ1) is 8.18. The van der Waals surface area contributed by atoms with Crippen molar-refractivity contribution in [1.29, 1.82) is 0 Å². The molecule has 2 saturated heterocycles. The largest absolute Gasteiger partial charge is 0.341 e. The minimum Gasteiger partial charge on any atom is -0.341 e. The molecule has 1 N–H and O–H groups in total. The van der Waals surface area contributed by atoms with Crippen molar-refractivity contribution in [2.24, 2.45) is 0 Å². The van der Waals surface area contributed by atoms with Crippen LogP contribution in [-0.4, -0.2) is 61.5 Å². The molecule has 0 spiro atoms. The number of nitrogens with one attached hydrogen (secondary N) is 1. The summed E-state index contributed by atoms with van der Waals surface area (Å²) in [6.07, 6.45) is 5.64. The number of rotatable bonds is 2. The maximum atomic E-state index is 12.3. The van der Waals surface area contributed by atoms with Crippen molar-refractivity contribution in [2.75, 3.05) is 33.7 Å². The lowest BCUT2D eigenvalue weighted by molar-refractivity contribution is -0.135. The second kappa shape index (κ2) is 5.83. The van der Waals surface area contributed by atoms with Crippen molar-refractivity contribution in [3.8, 4) is 0 Å². The Bertz CT molecular complexity index is 255. The van der Waals surface area contributed by atoms with Crippen LogP contribution < -0.4 is 5.32 Å². The summed E-state index contributed by atoms with van der Waals surface area (Å²) in [5.41, 5.74) is 0. The molecule has 0 aliphatic carbocycles. The van der Waals surface area contributed by atoms with Gasteiger partial charge < -0.3 is 15.1 Å². The van der Waals surface area contributed by atoms with E-state index in [1.54, 1.807) is 0 Å². The molecule has 1 amide bonds.